The Morgan fingerprint density at radius 3 is 2.83 bits per heavy atom. The molecule has 124 valence electrons. The molecule has 24 heavy (non-hydrogen) atoms. The van der Waals surface area contributed by atoms with Crippen LogP contribution in [0.1, 0.15) is 16.9 Å². The molecule has 1 saturated heterocycles. The van der Waals surface area contributed by atoms with Gasteiger partial charge >= 0.3 is 6.09 Å². The second kappa shape index (κ2) is 6.79. The molecule has 2 unspecified atom stereocenters. The first-order valence-corrected chi connectivity index (χ1v) is 9.00. The topological polar surface area (TPSA) is 38.8 Å². The normalized spacial score (nSPS) is 22.8. The van der Waals surface area contributed by atoms with E-state index in [0.29, 0.717) is 19.8 Å². The monoisotopic (exact) mass is 341 g/mol. The fraction of sp³-hybridized carbons (Fsp3) is 0.316. The summed E-state index contributed by atoms with van der Waals surface area (Å²) >= 11 is 1.74. The van der Waals surface area contributed by atoms with Gasteiger partial charge < -0.3 is 9.47 Å². The van der Waals surface area contributed by atoms with Crippen LogP contribution in [0.2, 0.25) is 0 Å². The Bertz CT molecular complexity index is 726. The van der Waals surface area contributed by atoms with Gasteiger partial charge in [0.2, 0.25) is 0 Å². The van der Waals surface area contributed by atoms with Gasteiger partial charge in [0.05, 0.1) is 25.3 Å². The third-order valence-corrected chi connectivity index (χ3v) is 5.40. The number of benzene rings is 1. The Balaban J connectivity index is 1.48. The molecule has 2 atom stereocenters. The summed E-state index contributed by atoms with van der Waals surface area (Å²) in [5, 5.41) is 2.09. The van der Waals surface area contributed by atoms with Crippen LogP contribution in [0.5, 0.6) is 0 Å². The Morgan fingerprint density at radius 1 is 1.21 bits per heavy atom. The van der Waals surface area contributed by atoms with Crippen LogP contribution in [0.4, 0.5) is 4.79 Å². The molecular weight excluding hydrogens is 322 g/mol. The summed E-state index contributed by atoms with van der Waals surface area (Å²) in [7, 11) is 0. The zero-order valence-corrected chi connectivity index (χ0v) is 14.1. The Hall–Kier alpha value is -2.11. The molecular formula is C19H19NO3S. The van der Waals surface area contributed by atoms with Gasteiger partial charge in [-0.1, -0.05) is 42.5 Å². The number of thiophene rings is 1. The zero-order valence-electron chi connectivity index (χ0n) is 13.3. The number of rotatable bonds is 3. The first-order chi connectivity index (χ1) is 11.8. The van der Waals surface area contributed by atoms with E-state index in [1.54, 1.807) is 11.3 Å². The van der Waals surface area contributed by atoms with Gasteiger partial charge in [0.1, 0.15) is 6.61 Å². The maximum atomic E-state index is 12.6. The highest BCUT2D eigenvalue weighted by Crippen LogP contribution is 2.34. The Morgan fingerprint density at radius 2 is 2.08 bits per heavy atom. The van der Waals surface area contributed by atoms with Crippen LogP contribution in [0.25, 0.3) is 5.57 Å². The summed E-state index contributed by atoms with van der Waals surface area (Å²) < 4.78 is 11.2. The first kappa shape index (κ1) is 15.4. The number of ether oxygens (including phenoxy) is 2. The van der Waals surface area contributed by atoms with Crippen molar-refractivity contribution in [3.05, 3.63) is 64.4 Å². The van der Waals surface area contributed by atoms with Gasteiger partial charge in [-0.05, 0) is 29.0 Å². The summed E-state index contributed by atoms with van der Waals surface area (Å²) in [5.41, 5.74) is 2.31. The van der Waals surface area contributed by atoms with Crippen molar-refractivity contribution in [2.24, 2.45) is 0 Å². The molecule has 2 aromatic rings. The lowest BCUT2D eigenvalue weighted by Crippen LogP contribution is -2.56. The maximum absolute atomic E-state index is 12.6. The predicted octanol–water partition coefficient (Wildman–Crippen LogP) is 3.94. The molecule has 1 fully saturated rings. The van der Waals surface area contributed by atoms with Gasteiger partial charge in [-0.3, -0.25) is 4.90 Å². The van der Waals surface area contributed by atoms with E-state index in [1.165, 1.54) is 10.5 Å². The lowest BCUT2D eigenvalue weighted by Gasteiger charge is -2.43. The van der Waals surface area contributed by atoms with Crippen LogP contribution in [0.3, 0.4) is 0 Å². The second-order valence-electron chi connectivity index (χ2n) is 6.08. The smallest absolute Gasteiger partial charge is 0.411 e. The number of carbonyl (C=O) groups excluding carboxylic acids is 1. The highest BCUT2D eigenvalue weighted by atomic mass is 32.1. The average molecular weight is 341 g/mol. The van der Waals surface area contributed by atoms with Crippen LogP contribution >= 0.6 is 11.3 Å². The van der Waals surface area contributed by atoms with Gasteiger partial charge in [0, 0.05) is 4.88 Å². The molecule has 0 N–H and O–H groups in total. The minimum Gasteiger partial charge on any atom is -0.445 e. The van der Waals surface area contributed by atoms with Crippen LogP contribution in [0, 0.1) is 0 Å². The number of amides is 1. The summed E-state index contributed by atoms with van der Waals surface area (Å²) in [4.78, 5) is 15.7. The molecule has 0 aliphatic carbocycles. The fourth-order valence-electron chi connectivity index (χ4n) is 3.32. The molecule has 0 radical (unpaired) electrons. The van der Waals surface area contributed by atoms with Crippen LogP contribution in [-0.2, 0) is 16.1 Å². The van der Waals surface area contributed by atoms with Gasteiger partial charge in [-0.2, -0.15) is 0 Å². The number of carbonyl (C=O) groups is 1. The molecule has 1 aromatic heterocycles. The highest BCUT2D eigenvalue weighted by molar-refractivity contribution is 7.11. The lowest BCUT2D eigenvalue weighted by atomic mass is 9.94. The summed E-state index contributed by atoms with van der Waals surface area (Å²) in [5.74, 6) is 0. The first-order valence-electron chi connectivity index (χ1n) is 8.12. The average Bonchev–Trinajstić information content (AvgIpc) is 3.14. The highest BCUT2D eigenvalue weighted by Gasteiger charge is 2.39. The SMILES string of the molecule is O=C(OCc1ccccc1)N1C2C=C(c3cccs3)CC1COC2. The summed E-state index contributed by atoms with van der Waals surface area (Å²) in [6.07, 6.45) is 2.72. The molecule has 4 nitrogen and oxygen atoms in total. The molecule has 4 rings (SSSR count). The molecule has 2 aliphatic rings. The number of nitrogens with zero attached hydrogens (tertiary/aromatic N) is 1. The van der Waals surface area contributed by atoms with Crippen LogP contribution < -0.4 is 0 Å². The molecule has 3 heterocycles. The van der Waals surface area contributed by atoms with E-state index < -0.39 is 0 Å². The van der Waals surface area contributed by atoms with E-state index in [0.717, 1.165) is 12.0 Å². The summed E-state index contributed by atoms with van der Waals surface area (Å²) in [6.45, 7) is 1.41. The third kappa shape index (κ3) is 3.09. The van der Waals surface area contributed by atoms with E-state index in [1.807, 2.05) is 35.2 Å². The quantitative estimate of drug-likeness (QED) is 0.849. The van der Waals surface area contributed by atoms with Crippen molar-refractivity contribution in [3.63, 3.8) is 0 Å². The van der Waals surface area contributed by atoms with Gasteiger partial charge in [-0.25, -0.2) is 4.79 Å². The van der Waals surface area contributed by atoms with Crippen molar-refractivity contribution in [1.82, 2.24) is 4.90 Å². The maximum Gasteiger partial charge on any atom is 0.411 e. The van der Waals surface area contributed by atoms with E-state index in [9.17, 15) is 4.79 Å². The second-order valence-corrected chi connectivity index (χ2v) is 7.03. The van der Waals surface area contributed by atoms with Gasteiger partial charge in [-0.15, -0.1) is 11.3 Å². The molecule has 0 saturated carbocycles. The number of hydrogen-bond acceptors (Lipinski definition) is 4. The van der Waals surface area contributed by atoms with Crippen molar-refractivity contribution in [2.75, 3.05) is 13.2 Å². The molecule has 2 aliphatic heterocycles. The van der Waals surface area contributed by atoms with Crippen molar-refractivity contribution >= 4 is 23.0 Å². The van der Waals surface area contributed by atoms with Gasteiger partial charge in [0.15, 0.2) is 0 Å². The van der Waals surface area contributed by atoms with E-state index >= 15 is 0 Å². The van der Waals surface area contributed by atoms with E-state index in [4.69, 9.17) is 9.47 Å². The molecule has 2 bridgehead atoms. The third-order valence-electron chi connectivity index (χ3n) is 4.45. The Labute approximate surface area is 145 Å². The van der Waals surface area contributed by atoms with Crippen molar-refractivity contribution < 1.29 is 14.3 Å². The fourth-order valence-corrected chi connectivity index (χ4v) is 4.08. The minimum atomic E-state index is -0.251. The number of hydrogen-bond donors (Lipinski definition) is 0. The van der Waals surface area contributed by atoms with Crippen molar-refractivity contribution in [3.8, 4) is 0 Å². The molecule has 1 aromatic carbocycles. The van der Waals surface area contributed by atoms with Crippen molar-refractivity contribution in [1.29, 1.82) is 0 Å². The van der Waals surface area contributed by atoms with Gasteiger partial charge in [0.25, 0.3) is 0 Å². The zero-order chi connectivity index (χ0) is 16.4. The van der Waals surface area contributed by atoms with Crippen molar-refractivity contribution in [2.45, 2.75) is 25.1 Å². The Kier molecular flexibility index (Phi) is 4.36. The molecule has 1 amide bonds. The largest absolute Gasteiger partial charge is 0.445 e. The number of fused-ring (bicyclic) bond motifs is 2. The minimum absolute atomic E-state index is 0.0436. The lowest BCUT2D eigenvalue weighted by molar-refractivity contribution is -0.0341. The van der Waals surface area contributed by atoms with Crippen LogP contribution in [-0.4, -0.2) is 36.3 Å². The number of morpholine rings is 1. The van der Waals surface area contributed by atoms with Crippen LogP contribution in [0.15, 0.2) is 53.9 Å². The van der Waals surface area contributed by atoms with E-state index in [2.05, 4.69) is 23.6 Å². The molecule has 5 heteroatoms. The standard InChI is InChI=1S/C19H19NO3S/c21-19(23-11-14-5-2-1-3-6-14)20-16-9-15(18-7-4-8-24-18)10-17(20)13-22-12-16/h1-9,16-17H,10-13H2. The van der Waals surface area contributed by atoms with E-state index in [-0.39, 0.29) is 18.2 Å². The predicted molar refractivity (Wildman–Crippen MR) is 93.8 cm³/mol. The summed E-state index contributed by atoms with van der Waals surface area (Å²) in [6, 6.07) is 14.0. The molecule has 0 spiro atoms.